The number of halogens is 1. The van der Waals surface area contributed by atoms with E-state index in [1.807, 2.05) is 43.3 Å². The molecule has 106 valence electrons. The highest BCUT2D eigenvalue weighted by atomic mass is 19.1. The van der Waals surface area contributed by atoms with E-state index in [4.69, 9.17) is 10.5 Å². The van der Waals surface area contributed by atoms with Crippen molar-refractivity contribution in [1.29, 1.82) is 0 Å². The molecule has 0 bridgehead atoms. The lowest BCUT2D eigenvalue weighted by Gasteiger charge is -2.19. The van der Waals surface area contributed by atoms with E-state index in [0.717, 1.165) is 17.0 Å². The molecule has 0 heterocycles. The largest absolute Gasteiger partial charge is 0.484 e. The number of nitrogens with zero attached hydrogens (tertiary/aromatic N) is 1. The second kappa shape index (κ2) is 6.39. The topological polar surface area (TPSA) is 38.5 Å². The lowest BCUT2D eigenvalue weighted by Crippen LogP contribution is -2.18. The van der Waals surface area contributed by atoms with Gasteiger partial charge in [-0.2, -0.15) is 0 Å². The number of ether oxygens (including phenoxy) is 1. The van der Waals surface area contributed by atoms with Crippen LogP contribution in [0.4, 0.5) is 10.1 Å². The van der Waals surface area contributed by atoms with Crippen LogP contribution in [0.25, 0.3) is 0 Å². The van der Waals surface area contributed by atoms with Crippen molar-refractivity contribution in [3.63, 3.8) is 0 Å². The molecular formula is C16H19FN2O. The van der Waals surface area contributed by atoms with Crippen molar-refractivity contribution in [2.75, 3.05) is 25.5 Å². The molecule has 0 aliphatic rings. The highest BCUT2D eigenvalue weighted by molar-refractivity contribution is 5.49. The van der Waals surface area contributed by atoms with Crippen molar-refractivity contribution in [1.82, 2.24) is 0 Å². The number of hydrogen-bond acceptors (Lipinski definition) is 3. The second-order valence-electron chi connectivity index (χ2n) is 4.79. The first-order valence-corrected chi connectivity index (χ1v) is 6.49. The fraction of sp³-hybridized carbons (Fsp3) is 0.250. The highest BCUT2D eigenvalue weighted by Crippen LogP contribution is 2.25. The molecule has 0 aliphatic carbocycles. The number of rotatable bonds is 5. The van der Waals surface area contributed by atoms with E-state index < -0.39 is 0 Å². The Morgan fingerprint density at radius 2 is 1.85 bits per heavy atom. The van der Waals surface area contributed by atoms with E-state index in [9.17, 15) is 4.39 Å². The maximum absolute atomic E-state index is 12.9. The van der Waals surface area contributed by atoms with E-state index in [1.165, 1.54) is 12.1 Å². The van der Waals surface area contributed by atoms with Crippen LogP contribution < -0.4 is 15.4 Å². The van der Waals surface area contributed by atoms with Crippen LogP contribution in [0.3, 0.4) is 0 Å². The minimum atomic E-state index is -0.284. The Bertz CT molecular complexity index is 555. The normalized spacial score (nSPS) is 12.0. The minimum absolute atomic E-state index is 0.265. The molecule has 0 aromatic heterocycles. The summed E-state index contributed by atoms with van der Waals surface area (Å²) in [5.74, 6) is 0.482. The molecule has 2 aromatic carbocycles. The lowest BCUT2D eigenvalue weighted by molar-refractivity contribution is 0.214. The quantitative estimate of drug-likeness (QED) is 0.911. The van der Waals surface area contributed by atoms with Crippen molar-refractivity contribution in [3.05, 3.63) is 59.9 Å². The molecule has 2 N–H and O–H groups in total. The summed E-state index contributed by atoms with van der Waals surface area (Å²) in [5.41, 5.74) is 7.68. The van der Waals surface area contributed by atoms with Crippen LogP contribution in [0.15, 0.2) is 48.5 Å². The third-order valence-corrected chi connectivity index (χ3v) is 3.07. The van der Waals surface area contributed by atoms with Crippen LogP contribution >= 0.6 is 0 Å². The molecule has 1 unspecified atom stereocenters. The van der Waals surface area contributed by atoms with Crippen LogP contribution in [-0.2, 0) is 0 Å². The summed E-state index contributed by atoms with van der Waals surface area (Å²) in [6.45, 7) is 0.331. The van der Waals surface area contributed by atoms with Crippen LogP contribution in [0.5, 0.6) is 5.75 Å². The Morgan fingerprint density at radius 3 is 2.45 bits per heavy atom. The van der Waals surface area contributed by atoms with Crippen molar-refractivity contribution >= 4 is 5.69 Å². The van der Waals surface area contributed by atoms with Gasteiger partial charge in [-0.1, -0.05) is 18.2 Å². The fourth-order valence-corrected chi connectivity index (χ4v) is 1.93. The summed E-state index contributed by atoms with van der Waals surface area (Å²) in [5, 5.41) is 0. The monoisotopic (exact) mass is 274 g/mol. The number of anilines is 1. The highest BCUT2D eigenvalue weighted by Gasteiger charge is 2.12. The summed E-state index contributed by atoms with van der Waals surface area (Å²) in [6.07, 6.45) is -0.284. The van der Waals surface area contributed by atoms with Crippen molar-refractivity contribution in [3.8, 4) is 5.75 Å². The predicted octanol–water partition coefficient (Wildman–Crippen LogP) is 2.97. The Balaban J connectivity index is 2.17. The van der Waals surface area contributed by atoms with Crippen LogP contribution in [0, 0.1) is 5.82 Å². The van der Waals surface area contributed by atoms with Crippen molar-refractivity contribution in [2.24, 2.45) is 5.73 Å². The van der Waals surface area contributed by atoms with Gasteiger partial charge in [0.1, 0.15) is 17.7 Å². The maximum Gasteiger partial charge on any atom is 0.136 e. The van der Waals surface area contributed by atoms with Gasteiger partial charge in [0.15, 0.2) is 0 Å². The van der Waals surface area contributed by atoms with Gasteiger partial charge in [-0.25, -0.2) is 4.39 Å². The predicted molar refractivity (Wildman–Crippen MR) is 79.6 cm³/mol. The van der Waals surface area contributed by atoms with Crippen LogP contribution in [0.2, 0.25) is 0 Å². The first kappa shape index (κ1) is 14.3. The first-order chi connectivity index (χ1) is 9.60. The molecule has 20 heavy (non-hydrogen) atoms. The molecule has 0 saturated carbocycles. The van der Waals surface area contributed by atoms with E-state index in [2.05, 4.69) is 0 Å². The van der Waals surface area contributed by atoms with Crippen molar-refractivity contribution < 1.29 is 9.13 Å². The van der Waals surface area contributed by atoms with Crippen LogP contribution in [0.1, 0.15) is 11.7 Å². The molecule has 4 heteroatoms. The third-order valence-electron chi connectivity index (χ3n) is 3.07. The molecule has 0 aliphatic heterocycles. The Kier molecular flexibility index (Phi) is 4.58. The molecule has 0 saturated heterocycles. The summed E-state index contributed by atoms with van der Waals surface area (Å²) in [6, 6.07) is 14.0. The van der Waals surface area contributed by atoms with Gasteiger partial charge in [0, 0.05) is 32.4 Å². The molecular weight excluding hydrogens is 255 g/mol. The van der Waals surface area contributed by atoms with E-state index >= 15 is 0 Å². The molecule has 0 amide bonds. The second-order valence-corrected chi connectivity index (χ2v) is 4.79. The Morgan fingerprint density at radius 1 is 1.15 bits per heavy atom. The zero-order chi connectivity index (χ0) is 14.5. The van der Waals surface area contributed by atoms with Gasteiger partial charge in [0.05, 0.1) is 0 Å². The maximum atomic E-state index is 12.9. The smallest absolute Gasteiger partial charge is 0.136 e. The minimum Gasteiger partial charge on any atom is -0.484 e. The average Bonchev–Trinajstić information content (AvgIpc) is 2.46. The first-order valence-electron chi connectivity index (χ1n) is 6.49. The zero-order valence-electron chi connectivity index (χ0n) is 11.7. The summed E-state index contributed by atoms with van der Waals surface area (Å²) in [7, 11) is 3.94. The van der Waals surface area contributed by atoms with Crippen LogP contribution in [-0.4, -0.2) is 20.6 Å². The molecule has 2 rings (SSSR count). The van der Waals surface area contributed by atoms with E-state index in [1.54, 1.807) is 12.1 Å². The molecule has 0 radical (unpaired) electrons. The van der Waals surface area contributed by atoms with Crippen molar-refractivity contribution in [2.45, 2.75) is 6.10 Å². The molecule has 3 nitrogen and oxygen atoms in total. The average molecular weight is 274 g/mol. The fourth-order valence-electron chi connectivity index (χ4n) is 1.93. The summed E-state index contributed by atoms with van der Waals surface area (Å²) in [4.78, 5) is 2.00. The SMILES string of the molecule is CN(C)c1cccc(OC(CN)c2ccc(F)cc2)c1. The zero-order valence-corrected chi connectivity index (χ0v) is 11.7. The van der Waals surface area contributed by atoms with Gasteiger partial charge in [0.2, 0.25) is 0 Å². The molecule has 2 aromatic rings. The van der Waals surface area contributed by atoms with Gasteiger partial charge in [0.25, 0.3) is 0 Å². The summed E-state index contributed by atoms with van der Waals surface area (Å²) >= 11 is 0. The van der Waals surface area contributed by atoms with E-state index in [-0.39, 0.29) is 11.9 Å². The molecule has 0 spiro atoms. The number of benzene rings is 2. The van der Waals surface area contributed by atoms with E-state index in [0.29, 0.717) is 6.54 Å². The Labute approximate surface area is 118 Å². The van der Waals surface area contributed by atoms with Gasteiger partial charge in [-0.3, -0.25) is 0 Å². The van der Waals surface area contributed by atoms with Gasteiger partial charge in [-0.15, -0.1) is 0 Å². The standard InChI is InChI=1S/C16H19FN2O/c1-19(2)14-4-3-5-15(10-14)20-16(11-18)12-6-8-13(17)9-7-12/h3-10,16H,11,18H2,1-2H3. The molecule has 1 atom stereocenters. The summed E-state index contributed by atoms with van der Waals surface area (Å²) < 4.78 is 18.9. The third kappa shape index (κ3) is 3.48. The lowest BCUT2D eigenvalue weighted by atomic mass is 10.1. The van der Waals surface area contributed by atoms with Gasteiger partial charge < -0.3 is 15.4 Å². The van der Waals surface area contributed by atoms with Gasteiger partial charge in [-0.05, 0) is 29.8 Å². The Hall–Kier alpha value is -2.07. The number of hydrogen-bond donors (Lipinski definition) is 1. The molecule has 0 fully saturated rings. The van der Waals surface area contributed by atoms with Gasteiger partial charge >= 0.3 is 0 Å². The number of nitrogens with two attached hydrogens (primary N) is 1.